The van der Waals surface area contributed by atoms with Gasteiger partial charge in [0.1, 0.15) is 17.3 Å². The van der Waals surface area contributed by atoms with Gasteiger partial charge < -0.3 is 14.0 Å². The van der Waals surface area contributed by atoms with Crippen molar-refractivity contribution >= 4 is 16.7 Å². The van der Waals surface area contributed by atoms with E-state index in [1.165, 1.54) is 0 Å². The van der Waals surface area contributed by atoms with Crippen LogP contribution in [0.25, 0.3) is 10.9 Å². The molecule has 96 valence electrons. The first-order valence-electron chi connectivity index (χ1n) is 5.76. The van der Waals surface area contributed by atoms with E-state index in [0.717, 1.165) is 28.0 Å². The molecular formula is C14H17NO3. The molecule has 0 saturated carbocycles. The lowest BCUT2D eigenvalue weighted by Crippen LogP contribution is -1.95. The summed E-state index contributed by atoms with van der Waals surface area (Å²) in [5, 5.41) is 1.00. The predicted molar refractivity (Wildman–Crippen MR) is 70.4 cm³/mol. The molecule has 1 heterocycles. The Balaban J connectivity index is 2.71. The van der Waals surface area contributed by atoms with Gasteiger partial charge in [0.2, 0.25) is 0 Å². The first kappa shape index (κ1) is 12.5. The van der Waals surface area contributed by atoms with Crippen LogP contribution in [0.4, 0.5) is 0 Å². The fraction of sp³-hybridized carbons (Fsp3) is 0.357. The van der Waals surface area contributed by atoms with Crippen molar-refractivity contribution in [1.29, 1.82) is 0 Å². The molecule has 4 heteroatoms. The number of nitrogens with zero attached hydrogens (tertiary/aromatic N) is 1. The van der Waals surface area contributed by atoms with Crippen LogP contribution in [0, 0.1) is 0 Å². The Kier molecular flexibility index (Phi) is 3.28. The lowest BCUT2D eigenvalue weighted by Gasteiger charge is -2.08. The maximum Gasteiger partial charge on any atom is 0.146 e. The zero-order chi connectivity index (χ0) is 13.3. The zero-order valence-electron chi connectivity index (χ0n) is 11.1. The number of aromatic nitrogens is 1. The van der Waals surface area contributed by atoms with Gasteiger partial charge in [-0.25, -0.2) is 0 Å². The van der Waals surface area contributed by atoms with Crippen molar-refractivity contribution in [2.75, 3.05) is 14.2 Å². The highest BCUT2D eigenvalue weighted by molar-refractivity contribution is 5.93. The van der Waals surface area contributed by atoms with Gasteiger partial charge in [-0.15, -0.1) is 0 Å². The van der Waals surface area contributed by atoms with Gasteiger partial charge in [0.15, 0.2) is 0 Å². The van der Waals surface area contributed by atoms with Crippen LogP contribution in [0.3, 0.4) is 0 Å². The molecule has 4 nitrogen and oxygen atoms in total. The Morgan fingerprint density at radius 1 is 1.28 bits per heavy atom. The van der Waals surface area contributed by atoms with Gasteiger partial charge in [0.05, 0.1) is 19.7 Å². The van der Waals surface area contributed by atoms with E-state index in [0.29, 0.717) is 6.42 Å². The van der Waals surface area contributed by atoms with Crippen molar-refractivity contribution in [3.05, 3.63) is 23.9 Å². The third kappa shape index (κ3) is 2.06. The number of rotatable bonds is 4. The molecule has 0 atom stereocenters. The van der Waals surface area contributed by atoms with Crippen LogP contribution in [0.1, 0.15) is 12.5 Å². The Bertz CT molecular complexity index is 599. The number of carbonyl (C=O) groups is 1. The topological polar surface area (TPSA) is 40.5 Å². The minimum atomic E-state index is 0.143. The number of fused-ring (bicyclic) bond motifs is 1. The number of aryl methyl sites for hydroxylation is 1. The largest absolute Gasteiger partial charge is 0.497 e. The number of Topliss-reactive ketones (excluding diaryl/α,β-unsaturated/α-hetero) is 1. The molecule has 0 aliphatic rings. The van der Waals surface area contributed by atoms with E-state index in [9.17, 15) is 4.79 Å². The second-order valence-electron chi connectivity index (χ2n) is 4.37. The van der Waals surface area contributed by atoms with E-state index in [1.807, 2.05) is 29.9 Å². The maximum absolute atomic E-state index is 11.3. The van der Waals surface area contributed by atoms with Crippen LogP contribution in [-0.4, -0.2) is 24.6 Å². The Morgan fingerprint density at radius 2 is 2.00 bits per heavy atom. The third-order valence-corrected chi connectivity index (χ3v) is 2.99. The van der Waals surface area contributed by atoms with Crippen molar-refractivity contribution < 1.29 is 14.3 Å². The molecular weight excluding hydrogens is 230 g/mol. The SMILES string of the molecule is COc1cc(OC)c2c(c1)c(CC(C)=O)cn2C. The molecule has 2 rings (SSSR count). The van der Waals surface area contributed by atoms with Gasteiger partial charge in [0.25, 0.3) is 0 Å². The number of hydrogen-bond donors (Lipinski definition) is 0. The summed E-state index contributed by atoms with van der Waals surface area (Å²) in [7, 11) is 5.20. The highest BCUT2D eigenvalue weighted by Crippen LogP contribution is 2.34. The van der Waals surface area contributed by atoms with Gasteiger partial charge in [0, 0.05) is 31.1 Å². The lowest BCUT2D eigenvalue weighted by atomic mass is 10.1. The molecule has 0 spiro atoms. The normalized spacial score (nSPS) is 10.7. The van der Waals surface area contributed by atoms with Gasteiger partial charge >= 0.3 is 0 Å². The predicted octanol–water partition coefficient (Wildman–Crippen LogP) is 2.33. The summed E-state index contributed by atoms with van der Waals surface area (Å²) in [6, 6.07) is 3.79. The second-order valence-corrected chi connectivity index (χ2v) is 4.37. The zero-order valence-corrected chi connectivity index (χ0v) is 11.1. The monoisotopic (exact) mass is 247 g/mol. The first-order valence-corrected chi connectivity index (χ1v) is 5.76. The van der Waals surface area contributed by atoms with Crippen LogP contribution < -0.4 is 9.47 Å². The summed E-state index contributed by atoms with van der Waals surface area (Å²) in [6.07, 6.45) is 2.39. The maximum atomic E-state index is 11.3. The van der Waals surface area contributed by atoms with Crippen LogP contribution in [0.2, 0.25) is 0 Å². The van der Waals surface area contributed by atoms with Gasteiger partial charge in [-0.2, -0.15) is 0 Å². The highest BCUT2D eigenvalue weighted by atomic mass is 16.5. The highest BCUT2D eigenvalue weighted by Gasteiger charge is 2.14. The van der Waals surface area contributed by atoms with Crippen LogP contribution in [0.5, 0.6) is 11.5 Å². The Morgan fingerprint density at radius 3 is 2.56 bits per heavy atom. The standard InChI is InChI=1S/C14H17NO3/c1-9(16)5-10-8-15(2)14-12(10)6-11(17-3)7-13(14)18-4/h6-8H,5H2,1-4H3. The molecule has 0 bridgehead atoms. The van der Waals surface area contributed by atoms with Crippen molar-refractivity contribution in [3.63, 3.8) is 0 Å². The molecule has 0 aliphatic carbocycles. The average molecular weight is 247 g/mol. The summed E-state index contributed by atoms with van der Waals surface area (Å²) in [6.45, 7) is 1.59. The molecule has 18 heavy (non-hydrogen) atoms. The van der Waals surface area contributed by atoms with Crippen LogP contribution >= 0.6 is 0 Å². The summed E-state index contributed by atoms with van der Waals surface area (Å²) >= 11 is 0. The molecule has 0 N–H and O–H groups in total. The molecule has 0 radical (unpaired) electrons. The Labute approximate surface area is 106 Å². The third-order valence-electron chi connectivity index (χ3n) is 2.99. The van der Waals surface area contributed by atoms with E-state index in [2.05, 4.69) is 0 Å². The minimum absolute atomic E-state index is 0.143. The van der Waals surface area contributed by atoms with Gasteiger partial charge in [-0.1, -0.05) is 0 Å². The smallest absolute Gasteiger partial charge is 0.146 e. The molecule has 1 aromatic carbocycles. The summed E-state index contributed by atoms with van der Waals surface area (Å²) < 4.78 is 12.6. The van der Waals surface area contributed by atoms with Crippen molar-refractivity contribution in [2.24, 2.45) is 7.05 Å². The van der Waals surface area contributed by atoms with Crippen LogP contribution in [0.15, 0.2) is 18.3 Å². The number of carbonyl (C=O) groups excluding carboxylic acids is 1. The molecule has 0 unspecified atom stereocenters. The average Bonchev–Trinajstić information content (AvgIpc) is 2.64. The van der Waals surface area contributed by atoms with Crippen molar-refractivity contribution in [1.82, 2.24) is 4.57 Å². The molecule has 0 saturated heterocycles. The van der Waals surface area contributed by atoms with E-state index in [-0.39, 0.29) is 5.78 Å². The van der Waals surface area contributed by atoms with Crippen molar-refractivity contribution in [2.45, 2.75) is 13.3 Å². The van der Waals surface area contributed by atoms with E-state index in [4.69, 9.17) is 9.47 Å². The molecule has 0 amide bonds. The van der Waals surface area contributed by atoms with Gasteiger partial charge in [-0.3, -0.25) is 4.79 Å². The van der Waals surface area contributed by atoms with Crippen LogP contribution in [-0.2, 0) is 18.3 Å². The van der Waals surface area contributed by atoms with E-state index < -0.39 is 0 Å². The number of ether oxygens (including phenoxy) is 2. The van der Waals surface area contributed by atoms with Gasteiger partial charge in [-0.05, 0) is 18.6 Å². The number of methoxy groups -OCH3 is 2. The molecule has 0 aliphatic heterocycles. The minimum Gasteiger partial charge on any atom is -0.497 e. The summed E-state index contributed by atoms with van der Waals surface area (Å²) in [5.74, 6) is 1.63. The quantitative estimate of drug-likeness (QED) is 0.832. The molecule has 2 aromatic rings. The molecule has 0 fully saturated rings. The number of ketones is 1. The second kappa shape index (κ2) is 4.72. The van der Waals surface area contributed by atoms with E-state index in [1.54, 1.807) is 21.1 Å². The fourth-order valence-corrected chi connectivity index (χ4v) is 2.24. The number of hydrogen-bond acceptors (Lipinski definition) is 3. The Hall–Kier alpha value is -1.97. The number of benzene rings is 1. The molecule has 1 aromatic heterocycles. The van der Waals surface area contributed by atoms with E-state index >= 15 is 0 Å². The summed E-state index contributed by atoms with van der Waals surface area (Å²) in [4.78, 5) is 11.3. The first-order chi connectivity index (χ1) is 8.56. The van der Waals surface area contributed by atoms with Crippen molar-refractivity contribution in [3.8, 4) is 11.5 Å². The summed E-state index contributed by atoms with van der Waals surface area (Å²) in [5.41, 5.74) is 1.98. The lowest BCUT2D eigenvalue weighted by molar-refractivity contribution is -0.116. The fourth-order valence-electron chi connectivity index (χ4n) is 2.24.